The molecule has 0 aliphatic carbocycles. The molecular formula is C30H21P. The highest BCUT2D eigenvalue weighted by molar-refractivity contribution is 7.55. The first-order valence-corrected chi connectivity index (χ1v) is 11.6. The summed E-state index contributed by atoms with van der Waals surface area (Å²) >= 11 is 0. The Hall–Kier alpha value is -3.47. The van der Waals surface area contributed by atoms with Crippen LogP contribution < -0.4 is 10.6 Å². The molecule has 0 saturated heterocycles. The number of rotatable bonds is 3. The van der Waals surface area contributed by atoms with Crippen molar-refractivity contribution >= 4 is 51.5 Å². The Morgan fingerprint density at radius 3 is 1.84 bits per heavy atom. The highest BCUT2D eigenvalue weighted by Gasteiger charge is 2.15. The van der Waals surface area contributed by atoms with Gasteiger partial charge in [-0.25, -0.2) is 0 Å². The molecule has 0 aliphatic heterocycles. The topological polar surface area (TPSA) is 0 Å². The molecule has 0 fully saturated rings. The molecule has 1 heteroatoms. The molecule has 0 nitrogen and oxygen atoms in total. The van der Waals surface area contributed by atoms with Gasteiger partial charge < -0.3 is 0 Å². The van der Waals surface area contributed by atoms with Crippen LogP contribution >= 0.6 is 8.58 Å². The molecule has 0 bridgehead atoms. The molecule has 0 N–H and O–H groups in total. The lowest BCUT2D eigenvalue weighted by Crippen LogP contribution is -2.07. The molecule has 6 aromatic rings. The van der Waals surface area contributed by atoms with Gasteiger partial charge in [-0.15, -0.1) is 0 Å². The molecule has 0 aliphatic rings. The summed E-state index contributed by atoms with van der Waals surface area (Å²) in [6.07, 6.45) is 0. The largest absolute Gasteiger partial charge is 0.0622 e. The van der Waals surface area contributed by atoms with E-state index in [-0.39, 0.29) is 0 Å². The third-order valence-corrected chi connectivity index (χ3v) is 7.33. The zero-order valence-electron chi connectivity index (χ0n) is 17.0. The third-order valence-electron chi connectivity index (χ3n) is 6.02. The molecule has 0 aromatic heterocycles. The van der Waals surface area contributed by atoms with E-state index < -0.39 is 0 Å². The van der Waals surface area contributed by atoms with E-state index in [2.05, 4.69) is 121 Å². The predicted molar refractivity (Wildman–Crippen MR) is 138 cm³/mol. The fourth-order valence-corrected chi connectivity index (χ4v) is 5.84. The summed E-state index contributed by atoms with van der Waals surface area (Å²) in [4.78, 5) is 0. The second-order valence-electron chi connectivity index (χ2n) is 7.89. The Kier molecular flexibility index (Phi) is 4.52. The van der Waals surface area contributed by atoms with Gasteiger partial charge in [-0.2, -0.15) is 0 Å². The van der Waals surface area contributed by atoms with E-state index in [4.69, 9.17) is 0 Å². The maximum Gasteiger partial charge on any atom is -0.00212 e. The second kappa shape index (κ2) is 7.65. The van der Waals surface area contributed by atoms with Crippen LogP contribution in [0.25, 0.3) is 43.4 Å². The fourth-order valence-electron chi connectivity index (χ4n) is 4.60. The van der Waals surface area contributed by atoms with Crippen molar-refractivity contribution in [3.05, 3.63) is 121 Å². The summed E-state index contributed by atoms with van der Waals surface area (Å²) in [6, 6.07) is 44.1. The third kappa shape index (κ3) is 3.21. The Morgan fingerprint density at radius 2 is 1.03 bits per heavy atom. The van der Waals surface area contributed by atoms with Gasteiger partial charge in [0.1, 0.15) is 0 Å². The van der Waals surface area contributed by atoms with Crippen molar-refractivity contribution in [2.45, 2.75) is 0 Å². The van der Waals surface area contributed by atoms with Crippen LogP contribution in [-0.2, 0) is 0 Å². The SMILES string of the molecule is c1ccc(Pc2ccc3ccccc3c2-c2cc3ccccc3c3ccccc23)cc1. The average Bonchev–Trinajstić information content (AvgIpc) is 2.84. The van der Waals surface area contributed by atoms with E-state index >= 15 is 0 Å². The average molecular weight is 412 g/mol. The molecule has 0 radical (unpaired) electrons. The number of benzene rings is 6. The maximum absolute atomic E-state index is 2.39. The zero-order chi connectivity index (χ0) is 20.6. The molecule has 1 atom stereocenters. The van der Waals surface area contributed by atoms with Crippen LogP contribution in [0.3, 0.4) is 0 Å². The van der Waals surface area contributed by atoms with Crippen molar-refractivity contribution in [3.63, 3.8) is 0 Å². The quantitative estimate of drug-likeness (QED) is 0.209. The van der Waals surface area contributed by atoms with Gasteiger partial charge in [0.05, 0.1) is 0 Å². The van der Waals surface area contributed by atoms with E-state index in [1.165, 1.54) is 54.1 Å². The summed E-state index contributed by atoms with van der Waals surface area (Å²) in [7, 11) is 0.612. The number of hydrogen-bond donors (Lipinski definition) is 0. The molecule has 31 heavy (non-hydrogen) atoms. The summed E-state index contributed by atoms with van der Waals surface area (Å²) in [5.74, 6) is 0. The van der Waals surface area contributed by atoms with Crippen LogP contribution in [0.2, 0.25) is 0 Å². The molecule has 146 valence electrons. The van der Waals surface area contributed by atoms with Crippen molar-refractivity contribution in [1.29, 1.82) is 0 Å². The molecule has 0 amide bonds. The molecule has 0 saturated carbocycles. The molecule has 0 spiro atoms. The smallest absolute Gasteiger partial charge is 0.00212 e. The molecule has 0 heterocycles. The van der Waals surface area contributed by atoms with Crippen molar-refractivity contribution in [2.24, 2.45) is 0 Å². The standard InChI is InChI=1S/C30H21P/c1-2-12-23(13-3-1)31-29-19-18-21-10-4-7-15-25(21)30(29)28-20-22-11-5-6-14-24(22)26-16-8-9-17-27(26)28/h1-20,31H. The predicted octanol–water partition coefficient (Wildman–Crippen LogP) is 7.44. The number of hydrogen-bond acceptors (Lipinski definition) is 0. The van der Waals surface area contributed by atoms with E-state index in [1.807, 2.05) is 0 Å². The first-order chi connectivity index (χ1) is 15.4. The Labute approximate surface area is 184 Å². The van der Waals surface area contributed by atoms with E-state index in [9.17, 15) is 0 Å². The highest BCUT2D eigenvalue weighted by atomic mass is 31.1. The lowest BCUT2D eigenvalue weighted by molar-refractivity contribution is 1.72. The van der Waals surface area contributed by atoms with Gasteiger partial charge in [0.15, 0.2) is 0 Å². The molecule has 1 unspecified atom stereocenters. The Morgan fingerprint density at radius 1 is 0.419 bits per heavy atom. The Balaban J connectivity index is 1.72. The summed E-state index contributed by atoms with van der Waals surface area (Å²) < 4.78 is 0. The Bertz CT molecular complexity index is 1550. The van der Waals surface area contributed by atoms with Gasteiger partial charge in [0, 0.05) is 0 Å². The maximum atomic E-state index is 2.39. The van der Waals surface area contributed by atoms with Crippen LogP contribution in [0.15, 0.2) is 121 Å². The monoisotopic (exact) mass is 412 g/mol. The van der Waals surface area contributed by atoms with Crippen LogP contribution in [0, 0.1) is 0 Å². The van der Waals surface area contributed by atoms with Crippen LogP contribution in [0.1, 0.15) is 0 Å². The lowest BCUT2D eigenvalue weighted by Gasteiger charge is -2.17. The molecule has 6 aromatic carbocycles. The van der Waals surface area contributed by atoms with E-state index in [0.717, 1.165) is 0 Å². The second-order valence-corrected chi connectivity index (χ2v) is 9.26. The molecular weight excluding hydrogens is 391 g/mol. The first kappa shape index (κ1) is 18.3. The minimum absolute atomic E-state index is 0.612. The van der Waals surface area contributed by atoms with E-state index in [1.54, 1.807) is 0 Å². The summed E-state index contributed by atoms with van der Waals surface area (Å²) in [5.41, 5.74) is 2.69. The van der Waals surface area contributed by atoms with Gasteiger partial charge in [0.2, 0.25) is 0 Å². The highest BCUT2D eigenvalue weighted by Crippen LogP contribution is 2.38. The van der Waals surface area contributed by atoms with Gasteiger partial charge in [-0.3, -0.25) is 0 Å². The van der Waals surface area contributed by atoms with Crippen molar-refractivity contribution in [2.75, 3.05) is 0 Å². The molecule has 6 rings (SSSR count). The van der Waals surface area contributed by atoms with Gasteiger partial charge >= 0.3 is 0 Å². The van der Waals surface area contributed by atoms with Gasteiger partial charge in [-0.05, 0) is 60.1 Å². The van der Waals surface area contributed by atoms with E-state index in [0.29, 0.717) is 8.58 Å². The number of fused-ring (bicyclic) bond motifs is 4. The van der Waals surface area contributed by atoms with Gasteiger partial charge in [0.25, 0.3) is 0 Å². The van der Waals surface area contributed by atoms with Crippen LogP contribution in [-0.4, -0.2) is 0 Å². The minimum Gasteiger partial charge on any atom is -0.0622 e. The van der Waals surface area contributed by atoms with Crippen LogP contribution in [0.5, 0.6) is 0 Å². The van der Waals surface area contributed by atoms with Crippen molar-refractivity contribution < 1.29 is 0 Å². The van der Waals surface area contributed by atoms with Crippen molar-refractivity contribution in [3.8, 4) is 11.1 Å². The van der Waals surface area contributed by atoms with Gasteiger partial charge in [-0.1, -0.05) is 124 Å². The normalized spacial score (nSPS) is 11.7. The fraction of sp³-hybridized carbons (Fsp3) is 0. The minimum atomic E-state index is 0.612. The first-order valence-electron chi connectivity index (χ1n) is 10.6. The lowest BCUT2D eigenvalue weighted by atomic mass is 9.91. The summed E-state index contributed by atoms with van der Waals surface area (Å²) in [5, 5.41) is 10.6. The van der Waals surface area contributed by atoms with Crippen molar-refractivity contribution in [1.82, 2.24) is 0 Å². The zero-order valence-corrected chi connectivity index (χ0v) is 18.0. The van der Waals surface area contributed by atoms with Crippen LogP contribution in [0.4, 0.5) is 0 Å². The summed E-state index contributed by atoms with van der Waals surface area (Å²) in [6.45, 7) is 0.